The summed E-state index contributed by atoms with van der Waals surface area (Å²) in [5.74, 6) is -2.27. The Kier molecular flexibility index (Phi) is 9.32. The van der Waals surface area contributed by atoms with Crippen molar-refractivity contribution in [2.24, 2.45) is 0 Å². The highest BCUT2D eigenvalue weighted by molar-refractivity contribution is 7.18. The van der Waals surface area contributed by atoms with Crippen LogP contribution in [0.15, 0.2) is 60.5 Å². The highest BCUT2D eigenvalue weighted by Crippen LogP contribution is 2.48. The normalized spacial score (nSPS) is 15.3. The van der Waals surface area contributed by atoms with Gasteiger partial charge in [-0.1, -0.05) is 18.7 Å². The third kappa shape index (κ3) is 6.42. The molecule has 2 aromatic carbocycles. The van der Waals surface area contributed by atoms with Crippen molar-refractivity contribution in [2.75, 3.05) is 26.9 Å². The van der Waals surface area contributed by atoms with Crippen molar-refractivity contribution in [3.8, 4) is 39.5 Å². The molecule has 2 atom stereocenters. The largest absolute Gasteiger partial charge is 0.490 e. The van der Waals surface area contributed by atoms with Crippen LogP contribution >= 0.6 is 11.3 Å². The van der Waals surface area contributed by atoms with Crippen molar-refractivity contribution in [3.05, 3.63) is 89.0 Å². The summed E-state index contributed by atoms with van der Waals surface area (Å²) in [5, 5.41) is 14.9. The van der Waals surface area contributed by atoms with Gasteiger partial charge in [-0.05, 0) is 54.1 Å². The second kappa shape index (κ2) is 13.5. The number of thiophene rings is 1. The van der Waals surface area contributed by atoms with Crippen LogP contribution in [0.3, 0.4) is 0 Å². The van der Waals surface area contributed by atoms with E-state index in [0.717, 1.165) is 18.2 Å². The summed E-state index contributed by atoms with van der Waals surface area (Å²) in [4.78, 5) is 16.9. The predicted molar refractivity (Wildman–Crippen MR) is 173 cm³/mol. The lowest BCUT2D eigenvalue weighted by Crippen LogP contribution is -2.39. The van der Waals surface area contributed by atoms with E-state index in [0.29, 0.717) is 39.0 Å². The first-order chi connectivity index (χ1) is 23.0. The Labute approximate surface area is 276 Å². The summed E-state index contributed by atoms with van der Waals surface area (Å²) in [5.41, 5.74) is 2.53. The maximum absolute atomic E-state index is 15.9. The number of amides is 1. The fourth-order valence-corrected chi connectivity index (χ4v) is 6.77. The number of nitrogens with one attached hydrogen (secondary N) is 3. The first-order valence-electron chi connectivity index (χ1n) is 14.9. The fourth-order valence-electron chi connectivity index (χ4n) is 5.83. The predicted octanol–water partition coefficient (Wildman–Crippen LogP) is 7.44. The second-order valence-corrected chi connectivity index (χ2v) is 12.1. The number of methoxy groups -OCH3 is 1. The minimum absolute atomic E-state index is 0.00256. The number of carbonyl (C=O) groups is 1. The number of alkyl halides is 3. The average Bonchev–Trinajstić information content (AvgIpc) is 3.74. The third-order valence-electron chi connectivity index (χ3n) is 8.07. The number of carbonyl (C=O) groups excluding carboxylic acids is 1. The zero-order chi connectivity index (χ0) is 34.2. The molecule has 0 fully saturated rings. The van der Waals surface area contributed by atoms with Crippen LogP contribution in [0, 0.1) is 11.6 Å². The maximum atomic E-state index is 15.9. The zero-order valence-corrected chi connectivity index (χ0v) is 26.6. The van der Waals surface area contributed by atoms with Crippen molar-refractivity contribution in [3.63, 3.8) is 0 Å². The molecule has 0 spiro atoms. The molecule has 250 valence electrons. The SMILES string of the molecule is C=CC(=O)N[C@H](C)c1cc(-c2nc(-c3ccc4c(c3)C(C(F)(F)F)NCC4)c3ccsc3c2-c2c(F)cc(F)cc2OCCOC)n[nH]1. The molecule has 48 heavy (non-hydrogen) atoms. The van der Waals surface area contributed by atoms with E-state index in [-0.39, 0.29) is 53.6 Å². The van der Waals surface area contributed by atoms with Crippen LogP contribution in [0.25, 0.3) is 43.9 Å². The van der Waals surface area contributed by atoms with Gasteiger partial charge in [0, 0.05) is 47.0 Å². The van der Waals surface area contributed by atoms with Gasteiger partial charge in [0.1, 0.15) is 41.4 Å². The Morgan fingerprint density at radius 2 is 1.96 bits per heavy atom. The number of rotatable bonds is 10. The van der Waals surface area contributed by atoms with Crippen LogP contribution in [-0.2, 0) is 16.0 Å². The molecule has 8 nitrogen and oxygen atoms in total. The summed E-state index contributed by atoms with van der Waals surface area (Å²) >= 11 is 1.26. The number of halogens is 5. The van der Waals surface area contributed by atoms with Crippen LogP contribution < -0.4 is 15.4 Å². The number of ether oxygens (including phenoxy) is 2. The van der Waals surface area contributed by atoms with E-state index in [1.807, 2.05) is 0 Å². The fraction of sp³-hybridized carbons (Fsp3) is 0.265. The molecule has 14 heteroatoms. The van der Waals surface area contributed by atoms with Gasteiger partial charge in [-0.15, -0.1) is 11.3 Å². The van der Waals surface area contributed by atoms with Gasteiger partial charge < -0.3 is 20.1 Å². The molecule has 0 aliphatic carbocycles. The quantitative estimate of drug-likeness (QED) is 0.0804. The molecule has 1 aliphatic heterocycles. The monoisotopic (exact) mass is 683 g/mol. The molecule has 3 N–H and O–H groups in total. The van der Waals surface area contributed by atoms with E-state index in [1.165, 1.54) is 24.5 Å². The summed E-state index contributed by atoms with van der Waals surface area (Å²) in [7, 11) is 1.47. The van der Waals surface area contributed by atoms with Crippen LogP contribution in [0.1, 0.15) is 35.8 Å². The number of aromatic amines is 1. The van der Waals surface area contributed by atoms with Gasteiger partial charge in [0.25, 0.3) is 0 Å². The smallest absolute Gasteiger partial charge is 0.407 e. The van der Waals surface area contributed by atoms with E-state index >= 15 is 4.39 Å². The number of benzene rings is 2. The Balaban J connectivity index is 1.61. The number of H-pyrrole nitrogens is 1. The third-order valence-corrected chi connectivity index (χ3v) is 9.00. The topological polar surface area (TPSA) is 101 Å². The second-order valence-electron chi connectivity index (χ2n) is 11.2. The molecule has 6 rings (SSSR count). The molecular formula is C34H30F5N5O3S. The maximum Gasteiger partial charge on any atom is 0.407 e. The molecule has 5 aromatic rings. The van der Waals surface area contributed by atoms with Crippen molar-refractivity contribution < 1.29 is 36.2 Å². The van der Waals surface area contributed by atoms with Gasteiger partial charge in [-0.25, -0.2) is 13.8 Å². The van der Waals surface area contributed by atoms with E-state index in [1.54, 1.807) is 36.6 Å². The van der Waals surface area contributed by atoms with E-state index in [9.17, 15) is 22.4 Å². The highest BCUT2D eigenvalue weighted by Gasteiger charge is 2.43. The Morgan fingerprint density at radius 3 is 2.71 bits per heavy atom. The lowest BCUT2D eigenvalue weighted by atomic mass is 9.90. The van der Waals surface area contributed by atoms with Crippen molar-refractivity contribution in [2.45, 2.75) is 31.6 Å². The first kappa shape index (κ1) is 33.2. The van der Waals surface area contributed by atoms with Crippen LogP contribution in [-0.4, -0.2) is 54.1 Å². The van der Waals surface area contributed by atoms with E-state index in [4.69, 9.17) is 14.5 Å². The van der Waals surface area contributed by atoms with Gasteiger partial charge in [-0.2, -0.15) is 18.3 Å². The molecular weight excluding hydrogens is 653 g/mol. The number of aromatic nitrogens is 3. The minimum Gasteiger partial charge on any atom is -0.490 e. The lowest BCUT2D eigenvalue weighted by Gasteiger charge is -2.29. The van der Waals surface area contributed by atoms with Crippen molar-refractivity contribution in [1.29, 1.82) is 0 Å². The molecule has 3 aromatic heterocycles. The van der Waals surface area contributed by atoms with Gasteiger partial charge >= 0.3 is 6.18 Å². The van der Waals surface area contributed by atoms with Gasteiger partial charge in [0.05, 0.1) is 29.6 Å². The summed E-state index contributed by atoms with van der Waals surface area (Å²) in [6, 6.07) is 7.71. The Bertz CT molecular complexity index is 2010. The summed E-state index contributed by atoms with van der Waals surface area (Å²) < 4.78 is 84.1. The number of hydrogen-bond acceptors (Lipinski definition) is 7. The van der Waals surface area contributed by atoms with Crippen LogP contribution in [0.5, 0.6) is 5.75 Å². The van der Waals surface area contributed by atoms with E-state index < -0.39 is 35.8 Å². The molecule has 0 radical (unpaired) electrons. The van der Waals surface area contributed by atoms with Gasteiger partial charge in [0.15, 0.2) is 0 Å². The minimum atomic E-state index is -4.52. The van der Waals surface area contributed by atoms with Gasteiger partial charge in [0.2, 0.25) is 5.91 Å². The Morgan fingerprint density at radius 1 is 1.15 bits per heavy atom. The molecule has 0 saturated carbocycles. The van der Waals surface area contributed by atoms with E-state index in [2.05, 4.69) is 27.4 Å². The molecule has 0 saturated heterocycles. The average molecular weight is 684 g/mol. The van der Waals surface area contributed by atoms with Crippen LogP contribution in [0.4, 0.5) is 22.0 Å². The number of pyridine rings is 1. The lowest BCUT2D eigenvalue weighted by molar-refractivity contribution is -0.158. The molecule has 0 bridgehead atoms. The number of nitrogens with zero attached hydrogens (tertiary/aromatic N) is 2. The standard InChI is InChI=1S/C34H30F5N5O3S/c1-4-27(45)41-17(2)24-16-25(44-43-24)31-29(28-23(36)14-20(35)15-26(28)47-11-10-46-3)32-21(8-12-48-32)30(42-31)19-6-5-18-7-9-40-33(22(18)13-19)34(37,38)39/h4-6,8,12-17,33,40H,1,7,9-11H2,2-3H3,(H,41,45)(H,43,44)/t17-,33?/m1/s1. The van der Waals surface area contributed by atoms with Crippen LogP contribution in [0.2, 0.25) is 0 Å². The summed E-state index contributed by atoms with van der Waals surface area (Å²) in [6.45, 7) is 5.53. The highest BCUT2D eigenvalue weighted by atomic mass is 32.1. The molecule has 1 amide bonds. The molecule has 1 unspecified atom stereocenters. The van der Waals surface area contributed by atoms with Crippen molar-refractivity contribution in [1.82, 2.24) is 25.8 Å². The molecule has 1 aliphatic rings. The van der Waals surface area contributed by atoms with Crippen molar-refractivity contribution >= 4 is 27.3 Å². The first-order valence-corrected chi connectivity index (χ1v) is 15.8. The van der Waals surface area contributed by atoms with Gasteiger partial charge in [-0.3, -0.25) is 9.89 Å². The zero-order valence-electron chi connectivity index (χ0n) is 25.8. The summed E-state index contributed by atoms with van der Waals surface area (Å²) in [6.07, 6.45) is -2.96. The molecule has 4 heterocycles. The number of fused-ring (bicyclic) bond motifs is 2. The number of hydrogen-bond donors (Lipinski definition) is 3. The Hall–Kier alpha value is -4.66.